The molecule has 21 heavy (non-hydrogen) atoms. The van der Waals surface area contributed by atoms with E-state index in [1.54, 1.807) is 6.20 Å². The largest absolute Gasteiger partial charge is 0.352 e. The van der Waals surface area contributed by atoms with Crippen LogP contribution in [0.4, 0.5) is 0 Å². The zero-order valence-electron chi connectivity index (χ0n) is 13.7. The summed E-state index contributed by atoms with van der Waals surface area (Å²) in [6.07, 6.45) is 6.09. The van der Waals surface area contributed by atoms with Crippen LogP contribution >= 0.6 is 0 Å². The zero-order valence-corrected chi connectivity index (χ0v) is 13.7. The van der Waals surface area contributed by atoms with Crippen LogP contribution in [0.25, 0.3) is 0 Å². The summed E-state index contributed by atoms with van der Waals surface area (Å²) in [5, 5.41) is 7.28. The normalized spacial score (nSPS) is 17.9. The van der Waals surface area contributed by atoms with Crippen molar-refractivity contribution in [3.63, 3.8) is 0 Å². The quantitative estimate of drug-likeness (QED) is 0.904. The van der Waals surface area contributed by atoms with Crippen molar-refractivity contribution in [2.24, 2.45) is 5.92 Å². The summed E-state index contributed by atoms with van der Waals surface area (Å²) in [4.78, 5) is 14.6. The number of nitrogens with zero attached hydrogens (tertiary/aromatic N) is 3. The average Bonchev–Trinajstić information content (AvgIpc) is 3.05. The van der Waals surface area contributed by atoms with E-state index in [1.807, 2.05) is 10.9 Å². The number of rotatable bonds is 5. The van der Waals surface area contributed by atoms with Gasteiger partial charge in [-0.05, 0) is 52.6 Å². The highest BCUT2D eigenvalue weighted by Crippen LogP contribution is 2.13. The summed E-state index contributed by atoms with van der Waals surface area (Å²) < 4.78 is 1.83. The predicted octanol–water partition coefficient (Wildman–Crippen LogP) is 2.10. The topological polar surface area (TPSA) is 50.2 Å². The minimum Gasteiger partial charge on any atom is -0.352 e. The Balaban J connectivity index is 1.79. The molecule has 1 aromatic rings. The fourth-order valence-corrected chi connectivity index (χ4v) is 2.65. The van der Waals surface area contributed by atoms with E-state index in [2.05, 4.69) is 43.0 Å². The van der Waals surface area contributed by atoms with Gasteiger partial charge in [-0.1, -0.05) is 6.92 Å². The maximum Gasteiger partial charge on any atom is 0.254 e. The minimum atomic E-state index is -0.0957. The summed E-state index contributed by atoms with van der Waals surface area (Å²) in [6, 6.07) is 0. The van der Waals surface area contributed by atoms with E-state index in [0.29, 0.717) is 11.5 Å². The highest BCUT2D eigenvalue weighted by Gasteiger charge is 2.18. The van der Waals surface area contributed by atoms with Gasteiger partial charge in [0.05, 0.1) is 17.3 Å². The second kappa shape index (κ2) is 6.60. The Morgan fingerprint density at radius 2 is 2.05 bits per heavy atom. The van der Waals surface area contributed by atoms with Gasteiger partial charge < -0.3 is 10.2 Å². The molecule has 0 aliphatic carbocycles. The van der Waals surface area contributed by atoms with Crippen molar-refractivity contribution < 1.29 is 4.79 Å². The highest BCUT2D eigenvalue weighted by molar-refractivity contribution is 5.93. The molecule has 1 fully saturated rings. The van der Waals surface area contributed by atoms with Gasteiger partial charge in [0.15, 0.2) is 0 Å². The van der Waals surface area contributed by atoms with Crippen LogP contribution in [0.2, 0.25) is 0 Å². The molecule has 1 N–H and O–H groups in total. The Hall–Kier alpha value is -1.36. The van der Waals surface area contributed by atoms with Gasteiger partial charge >= 0.3 is 0 Å². The second-order valence-electron chi connectivity index (χ2n) is 7.17. The van der Waals surface area contributed by atoms with Crippen molar-refractivity contribution in [2.45, 2.75) is 46.1 Å². The van der Waals surface area contributed by atoms with Gasteiger partial charge in [-0.3, -0.25) is 9.48 Å². The number of aromatic nitrogens is 2. The van der Waals surface area contributed by atoms with Gasteiger partial charge in [0.1, 0.15) is 0 Å². The monoisotopic (exact) mass is 292 g/mol. The number of hydrogen-bond acceptors (Lipinski definition) is 3. The van der Waals surface area contributed by atoms with Crippen LogP contribution in [-0.2, 0) is 5.54 Å². The number of hydrogen-bond donors (Lipinski definition) is 1. The molecule has 1 amide bonds. The van der Waals surface area contributed by atoms with E-state index in [-0.39, 0.29) is 11.4 Å². The van der Waals surface area contributed by atoms with Crippen LogP contribution in [0.15, 0.2) is 12.4 Å². The predicted molar refractivity (Wildman–Crippen MR) is 84.4 cm³/mol. The van der Waals surface area contributed by atoms with E-state index < -0.39 is 0 Å². The smallest absolute Gasteiger partial charge is 0.254 e. The molecule has 2 rings (SSSR count). The number of carbonyl (C=O) groups is 1. The molecule has 0 radical (unpaired) electrons. The Morgan fingerprint density at radius 1 is 1.38 bits per heavy atom. The maximum atomic E-state index is 12.1. The van der Waals surface area contributed by atoms with E-state index in [9.17, 15) is 4.79 Å². The van der Waals surface area contributed by atoms with Crippen LogP contribution in [0, 0.1) is 5.92 Å². The fourth-order valence-electron chi connectivity index (χ4n) is 2.65. The molecule has 118 valence electrons. The van der Waals surface area contributed by atoms with Crippen molar-refractivity contribution in [1.29, 1.82) is 0 Å². The van der Waals surface area contributed by atoms with Crippen LogP contribution in [0.3, 0.4) is 0 Å². The molecule has 0 bridgehead atoms. The van der Waals surface area contributed by atoms with E-state index >= 15 is 0 Å². The summed E-state index contributed by atoms with van der Waals surface area (Å²) in [7, 11) is 0. The van der Waals surface area contributed by atoms with Gasteiger partial charge in [-0.2, -0.15) is 5.10 Å². The SMILES string of the molecule is CC(CNC(=O)c1cnn(C(C)(C)C)c1)CN1CCCC1. The lowest BCUT2D eigenvalue weighted by Crippen LogP contribution is -2.34. The first-order valence-electron chi connectivity index (χ1n) is 7.92. The van der Waals surface area contributed by atoms with E-state index in [1.165, 1.54) is 25.9 Å². The second-order valence-corrected chi connectivity index (χ2v) is 7.17. The van der Waals surface area contributed by atoms with Crippen LogP contribution < -0.4 is 5.32 Å². The number of carbonyl (C=O) groups excluding carboxylic acids is 1. The standard InChI is InChI=1S/C16H28N4O/c1-13(11-19-7-5-6-8-19)9-17-15(21)14-10-18-20(12-14)16(2,3)4/h10,12-13H,5-9,11H2,1-4H3,(H,17,21). The lowest BCUT2D eigenvalue weighted by Gasteiger charge is -2.20. The van der Waals surface area contributed by atoms with Gasteiger partial charge in [0.25, 0.3) is 5.91 Å². The first kappa shape index (κ1) is 16.0. The molecule has 1 unspecified atom stereocenters. The van der Waals surface area contributed by atoms with Crippen molar-refractivity contribution in [2.75, 3.05) is 26.2 Å². The molecule has 1 aromatic heterocycles. The molecule has 2 heterocycles. The summed E-state index contributed by atoms with van der Waals surface area (Å²) >= 11 is 0. The summed E-state index contributed by atoms with van der Waals surface area (Å²) in [5.41, 5.74) is 0.542. The highest BCUT2D eigenvalue weighted by atomic mass is 16.1. The van der Waals surface area contributed by atoms with Crippen LogP contribution in [0.1, 0.15) is 50.9 Å². The number of likely N-dealkylation sites (tertiary alicyclic amines) is 1. The Bertz CT molecular complexity index is 469. The zero-order chi connectivity index (χ0) is 15.5. The minimum absolute atomic E-state index is 0.0289. The van der Waals surface area contributed by atoms with Crippen molar-refractivity contribution in [3.8, 4) is 0 Å². The third kappa shape index (κ3) is 4.56. The van der Waals surface area contributed by atoms with Crippen LogP contribution in [0.5, 0.6) is 0 Å². The average molecular weight is 292 g/mol. The van der Waals surface area contributed by atoms with Crippen molar-refractivity contribution >= 4 is 5.91 Å². The third-order valence-corrected chi connectivity index (χ3v) is 3.91. The molecular weight excluding hydrogens is 264 g/mol. The first-order chi connectivity index (χ1) is 9.86. The molecule has 0 spiro atoms. The molecule has 1 saturated heterocycles. The fraction of sp³-hybridized carbons (Fsp3) is 0.750. The number of nitrogens with one attached hydrogen (secondary N) is 1. The molecule has 0 aromatic carbocycles. The Labute approximate surface area is 127 Å². The molecule has 1 aliphatic heterocycles. The van der Waals surface area contributed by atoms with Gasteiger partial charge in [0.2, 0.25) is 0 Å². The van der Waals surface area contributed by atoms with Gasteiger partial charge in [-0.25, -0.2) is 0 Å². The molecule has 0 saturated carbocycles. The molecule has 5 heteroatoms. The van der Waals surface area contributed by atoms with Gasteiger partial charge in [-0.15, -0.1) is 0 Å². The first-order valence-corrected chi connectivity index (χ1v) is 7.92. The third-order valence-electron chi connectivity index (χ3n) is 3.91. The lowest BCUT2D eigenvalue weighted by atomic mass is 10.1. The molecule has 1 atom stereocenters. The van der Waals surface area contributed by atoms with Crippen molar-refractivity contribution in [1.82, 2.24) is 20.0 Å². The molecule has 5 nitrogen and oxygen atoms in total. The summed E-state index contributed by atoms with van der Waals surface area (Å²) in [5.74, 6) is 0.448. The lowest BCUT2D eigenvalue weighted by molar-refractivity contribution is 0.0945. The maximum absolute atomic E-state index is 12.1. The summed E-state index contributed by atoms with van der Waals surface area (Å²) in [6.45, 7) is 12.6. The Kier molecular flexibility index (Phi) is 5.04. The van der Waals surface area contributed by atoms with E-state index in [0.717, 1.165) is 13.1 Å². The number of amides is 1. The van der Waals surface area contributed by atoms with Crippen molar-refractivity contribution in [3.05, 3.63) is 18.0 Å². The van der Waals surface area contributed by atoms with Crippen LogP contribution in [-0.4, -0.2) is 46.8 Å². The molecular formula is C16H28N4O. The van der Waals surface area contributed by atoms with E-state index in [4.69, 9.17) is 0 Å². The van der Waals surface area contributed by atoms with Gasteiger partial charge in [0, 0.05) is 19.3 Å². The molecule has 1 aliphatic rings. The Morgan fingerprint density at radius 3 is 2.62 bits per heavy atom.